The van der Waals surface area contributed by atoms with E-state index in [1.165, 1.54) is 16.7 Å². The third-order valence-electron chi connectivity index (χ3n) is 11.1. The summed E-state index contributed by atoms with van der Waals surface area (Å²) in [5, 5.41) is 14.6. The fourth-order valence-electron chi connectivity index (χ4n) is 9.61. The van der Waals surface area contributed by atoms with E-state index in [2.05, 4.69) is 178 Å². The van der Waals surface area contributed by atoms with Gasteiger partial charge in [-0.2, -0.15) is 0 Å². The van der Waals surface area contributed by atoms with Gasteiger partial charge >= 0.3 is 0 Å². The van der Waals surface area contributed by atoms with E-state index in [4.69, 9.17) is 0 Å². The molecule has 50 heavy (non-hydrogen) atoms. The standard InChI is InChI=1S/C42H75ClSi7/c1-28-25-34(44(7,8)9)31(4)40(47(16,17)18)37(28)50(43,38-29(2)26-35(45(10,11)12)32(5)41(38)48(19,20)21)39-30(3)27-36(46(13,14)15)33(6)42(39)49(22,23)24/h25-27H,1-24H3. The van der Waals surface area contributed by atoms with E-state index in [0.717, 1.165) is 0 Å². The van der Waals surface area contributed by atoms with Gasteiger partial charge in [-0.05, 0) is 57.1 Å². The summed E-state index contributed by atoms with van der Waals surface area (Å²) in [5.74, 6) is 0. The van der Waals surface area contributed by atoms with Gasteiger partial charge in [0.15, 0.2) is 0 Å². The van der Waals surface area contributed by atoms with Crippen LogP contribution in [-0.4, -0.2) is 55.8 Å². The number of benzene rings is 3. The second-order valence-electron chi connectivity index (χ2n) is 22.0. The van der Waals surface area contributed by atoms with E-state index in [9.17, 15) is 11.1 Å². The molecule has 0 spiro atoms. The molecule has 0 aliphatic heterocycles. The van der Waals surface area contributed by atoms with Gasteiger partial charge in [0.2, 0.25) is 7.38 Å². The topological polar surface area (TPSA) is 0 Å². The molecule has 3 aromatic carbocycles. The minimum atomic E-state index is -3.19. The average Bonchev–Trinajstić information content (AvgIpc) is 2.86. The summed E-state index contributed by atoms with van der Waals surface area (Å²) >= 11 is 9.32. The number of aryl methyl sites for hydroxylation is 3. The van der Waals surface area contributed by atoms with Gasteiger partial charge in [0.05, 0.1) is 48.4 Å². The highest BCUT2D eigenvalue weighted by atomic mass is 35.6. The van der Waals surface area contributed by atoms with Crippen molar-refractivity contribution in [2.45, 2.75) is 159 Å². The molecule has 3 rings (SSSR count). The Labute approximate surface area is 322 Å². The summed E-state index contributed by atoms with van der Waals surface area (Å²) in [6.45, 7) is 60.9. The Kier molecular flexibility index (Phi) is 12.0. The summed E-state index contributed by atoms with van der Waals surface area (Å²) in [7, 11) is -13.8. The Morgan fingerprint density at radius 1 is 0.300 bits per heavy atom. The van der Waals surface area contributed by atoms with E-state index in [-0.39, 0.29) is 0 Å². The van der Waals surface area contributed by atoms with Crippen LogP contribution in [-0.2, 0) is 0 Å². The van der Waals surface area contributed by atoms with E-state index in [1.807, 2.05) is 0 Å². The minimum Gasteiger partial charge on any atom is -0.149 e. The van der Waals surface area contributed by atoms with Crippen LogP contribution < -0.4 is 46.7 Å². The third-order valence-corrected chi connectivity index (χ3v) is 30.3. The van der Waals surface area contributed by atoms with Crippen LogP contribution in [0.2, 0.25) is 118 Å². The lowest BCUT2D eigenvalue weighted by Gasteiger charge is -2.44. The van der Waals surface area contributed by atoms with E-state index in [0.29, 0.717) is 0 Å². The lowest BCUT2D eigenvalue weighted by Crippen LogP contribution is -2.80. The molecule has 3 aromatic rings. The maximum atomic E-state index is 9.32. The lowest BCUT2D eigenvalue weighted by molar-refractivity contribution is 1.42. The molecule has 0 aliphatic rings. The monoisotopic (exact) mass is 810 g/mol. The van der Waals surface area contributed by atoms with Gasteiger partial charge in [-0.25, -0.2) is 0 Å². The largest absolute Gasteiger partial charge is 0.248 e. The van der Waals surface area contributed by atoms with Crippen molar-refractivity contribution in [2.24, 2.45) is 0 Å². The zero-order chi connectivity index (χ0) is 39.3. The molecular formula is C42H75ClSi7. The molecule has 0 atom stereocenters. The zero-order valence-electron chi connectivity index (χ0n) is 37.1. The molecule has 0 N–H and O–H groups in total. The first-order valence-corrected chi connectivity index (χ1v) is 43.2. The molecule has 0 saturated heterocycles. The van der Waals surface area contributed by atoms with Gasteiger partial charge in [0.25, 0.3) is 0 Å². The van der Waals surface area contributed by atoms with E-state index in [1.54, 1.807) is 63.4 Å². The molecule has 0 bridgehead atoms. The molecule has 0 amide bonds. The van der Waals surface area contributed by atoms with Gasteiger partial charge < -0.3 is 0 Å². The van der Waals surface area contributed by atoms with Crippen molar-refractivity contribution in [3.63, 3.8) is 0 Å². The fraction of sp³-hybridized carbons (Fsp3) is 0.571. The predicted octanol–water partition coefficient (Wildman–Crippen LogP) is 8.01. The Bertz CT molecular complexity index is 1600. The van der Waals surface area contributed by atoms with Crippen LogP contribution in [0.25, 0.3) is 0 Å². The highest BCUT2D eigenvalue weighted by Gasteiger charge is 2.51. The molecule has 0 radical (unpaired) electrons. The van der Waals surface area contributed by atoms with Crippen molar-refractivity contribution in [3.8, 4) is 0 Å². The molecule has 0 fully saturated rings. The van der Waals surface area contributed by atoms with E-state index >= 15 is 0 Å². The highest BCUT2D eigenvalue weighted by Crippen LogP contribution is 2.25. The smallest absolute Gasteiger partial charge is 0.149 e. The molecule has 0 nitrogen and oxygen atoms in total. The van der Waals surface area contributed by atoms with Crippen LogP contribution >= 0.6 is 11.1 Å². The normalized spacial score (nSPS) is 14.1. The highest BCUT2D eigenvalue weighted by molar-refractivity contribution is 7.43. The van der Waals surface area contributed by atoms with Gasteiger partial charge in [-0.15, -0.1) is 11.1 Å². The van der Waals surface area contributed by atoms with Gasteiger partial charge in [0, 0.05) is 0 Å². The van der Waals surface area contributed by atoms with Crippen molar-refractivity contribution < 1.29 is 0 Å². The maximum Gasteiger partial charge on any atom is 0.248 e. The molecule has 278 valence electrons. The van der Waals surface area contributed by atoms with E-state index < -0.39 is 55.8 Å². The SMILES string of the molecule is Cc1cc([Si](C)(C)C)c(C)c([Si](C)(C)C)c1[Si](Cl)(c1c(C)cc([Si](C)(C)C)c(C)c1[Si](C)(C)C)c1c(C)cc([Si](C)(C)C)c(C)c1[Si](C)(C)C. The van der Waals surface area contributed by atoms with Crippen molar-refractivity contribution >= 4 is 114 Å². The van der Waals surface area contributed by atoms with Crippen molar-refractivity contribution in [1.82, 2.24) is 0 Å². The summed E-state index contributed by atoms with van der Waals surface area (Å²) in [4.78, 5) is 0. The van der Waals surface area contributed by atoms with Crippen LogP contribution in [0, 0.1) is 41.5 Å². The van der Waals surface area contributed by atoms with Crippen molar-refractivity contribution in [2.75, 3.05) is 0 Å². The summed E-state index contributed by atoms with van der Waals surface area (Å²) < 4.78 is 0. The first-order chi connectivity index (χ1) is 22.0. The first kappa shape index (κ1) is 43.9. The van der Waals surface area contributed by atoms with Crippen molar-refractivity contribution in [1.29, 1.82) is 0 Å². The Morgan fingerprint density at radius 2 is 0.480 bits per heavy atom. The van der Waals surface area contributed by atoms with Gasteiger partial charge in [-0.3, -0.25) is 0 Å². The molecule has 0 heterocycles. The molecule has 0 aliphatic carbocycles. The number of halogens is 1. The molecule has 0 unspecified atom stereocenters. The predicted molar refractivity (Wildman–Crippen MR) is 256 cm³/mol. The molecule has 0 aromatic heterocycles. The van der Waals surface area contributed by atoms with Crippen LogP contribution in [0.1, 0.15) is 33.4 Å². The Morgan fingerprint density at radius 3 is 0.620 bits per heavy atom. The number of rotatable bonds is 9. The zero-order valence-corrected chi connectivity index (χ0v) is 44.9. The van der Waals surface area contributed by atoms with Crippen LogP contribution in [0.15, 0.2) is 18.2 Å². The fourth-order valence-corrected chi connectivity index (χ4v) is 34.5. The summed E-state index contributed by atoms with van der Waals surface area (Å²) in [5.41, 5.74) is 9.04. The summed E-state index contributed by atoms with van der Waals surface area (Å²) in [6, 6.07) is 7.89. The minimum absolute atomic E-state index is 1.45. The Balaban J connectivity index is 3.02. The van der Waals surface area contributed by atoms with Crippen LogP contribution in [0.5, 0.6) is 0 Å². The van der Waals surface area contributed by atoms with Crippen LogP contribution in [0.4, 0.5) is 0 Å². The van der Waals surface area contributed by atoms with Crippen molar-refractivity contribution in [3.05, 3.63) is 51.6 Å². The number of hydrogen-bond acceptors (Lipinski definition) is 0. The quantitative estimate of drug-likeness (QED) is 0.117. The average molecular weight is 812 g/mol. The second kappa shape index (κ2) is 13.6. The third kappa shape index (κ3) is 7.96. The van der Waals surface area contributed by atoms with Gasteiger partial charge in [0.1, 0.15) is 0 Å². The molecular weight excluding hydrogens is 737 g/mol. The first-order valence-electron chi connectivity index (χ1n) is 19.2. The lowest BCUT2D eigenvalue weighted by atomic mass is 10.1. The summed E-state index contributed by atoms with van der Waals surface area (Å²) in [6.07, 6.45) is 0. The van der Waals surface area contributed by atoms with Crippen LogP contribution in [0.3, 0.4) is 0 Å². The molecule has 0 saturated carbocycles. The number of hydrogen-bond donors (Lipinski definition) is 0. The maximum absolute atomic E-state index is 9.32. The van der Waals surface area contributed by atoms with Gasteiger partial charge in [-0.1, -0.05) is 201 Å². The second-order valence-corrected chi connectivity index (χ2v) is 56.6. The Hall–Kier alpha value is -0.532. The molecule has 8 heteroatoms.